The molecular weight excluding hydrogens is 206 g/mol. The van der Waals surface area contributed by atoms with Crippen LogP contribution in [0.3, 0.4) is 0 Å². The molecule has 0 aliphatic carbocycles. The zero-order valence-electron chi connectivity index (χ0n) is 10.1. The Morgan fingerprint density at radius 3 is 2.94 bits per heavy atom. The SMILES string of the molecule is CCNC(C)c1nnc(C2(C)CCCO2)o1. The molecule has 1 aromatic rings. The summed E-state index contributed by atoms with van der Waals surface area (Å²) >= 11 is 0. The van der Waals surface area contributed by atoms with E-state index in [-0.39, 0.29) is 11.6 Å². The molecular formula is C11H19N3O2. The van der Waals surface area contributed by atoms with E-state index in [1.165, 1.54) is 0 Å². The van der Waals surface area contributed by atoms with E-state index in [0.717, 1.165) is 26.0 Å². The van der Waals surface area contributed by atoms with Gasteiger partial charge in [-0.25, -0.2) is 0 Å². The predicted molar refractivity (Wildman–Crippen MR) is 58.9 cm³/mol. The Kier molecular flexibility index (Phi) is 3.25. The highest BCUT2D eigenvalue weighted by Gasteiger charge is 2.37. The van der Waals surface area contributed by atoms with Crippen LogP contribution in [0.15, 0.2) is 4.42 Å². The van der Waals surface area contributed by atoms with E-state index in [1.807, 2.05) is 13.8 Å². The van der Waals surface area contributed by atoms with Gasteiger partial charge in [-0.1, -0.05) is 6.92 Å². The average Bonchev–Trinajstić information content (AvgIpc) is 2.86. The fourth-order valence-corrected chi connectivity index (χ4v) is 1.96. The van der Waals surface area contributed by atoms with Crippen molar-refractivity contribution in [3.05, 3.63) is 11.8 Å². The van der Waals surface area contributed by atoms with Gasteiger partial charge in [-0.15, -0.1) is 10.2 Å². The van der Waals surface area contributed by atoms with Gasteiger partial charge in [-0.05, 0) is 33.2 Å². The molecule has 0 spiro atoms. The van der Waals surface area contributed by atoms with Crippen molar-refractivity contribution in [1.82, 2.24) is 15.5 Å². The summed E-state index contributed by atoms with van der Waals surface area (Å²) in [7, 11) is 0. The molecule has 1 aliphatic rings. The monoisotopic (exact) mass is 225 g/mol. The molecule has 1 aromatic heterocycles. The number of nitrogens with zero attached hydrogens (tertiary/aromatic N) is 2. The van der Waals surface area contributed by atoms with Crippen LogP contribution in [-0.4, -0.2) is 23.3 Å². The van der Waals surface area contributed by atoms with Gasteiger partial charge in [0, 0.05) is 6.61 Å². The van der Waals surface area contributed by atoms with Crippen molar-refractivity contribution >= 4 is 0 Å². The van der Waals surface area contributed by atoms with E-state index in [4.69, 9.17) is 9.15 Å². The van der Waals surface area contributed by atoms with Crippen LogP contribution in [0.1, 0.15) is 51.4 Å². The highest BCUT2D eigenvalue weighted by molar-refractivity contribution is 4.99. The molecule has 16 heavy (non-hydrogen) atoms. The standard InChI is InChI=1S/C11H19N3O2/c1-4-12-8(2)9-13-14-10(16-9)11(3)6-5-7-15-11/h8,12H,4-7H2,1-3H3. The molecule has 90 valence electrons. The molecule has 2 atom stereocenters. The average molecular weight is 225 g/mol. The van der Waals surface area contributed by atoms with E-state index in [2.05, 4.69) is 22.4 Å². The number of hydrogen-bond donors (Lipinski definition) is 1. The van der Waals surface area contributed by atoms with Gasteiger partial charge in [0.1, 0.15) is 5.60 Å². The quantitative estimate of drug-likeness (QED) is 0.846. The summed E-state index contributed by atoms with van der Waals surface area (Å²) in [5, 5.41) is 11.4. The molecule has 2 rings (SSSR count). The van der Waals surface area contributed by atoms with Crippen LogP contribution < -0.4 is 5.32 Å². The molecule has 2 unspecified atom stereocenters. The molecule has 0 radical (unpaired) electrons. The molecule has 0 amide bonds. The van der Waals surface area contributed by atoms with Crippen molar-refractivity contribution in [3.8, 4) is 0 Å². The molecule has 5 heteroatoms. The summed E-state index contributed by atoms with van der Waals surface area (Å²) in [6, 6.07) is 0.0938. The summed E-state index contributed by atoms with van der Waals surface area (Å²) in [4.78, 5) is 0. The number of ether oxygens (including phenoxy) is 1. The number of hydrogen-bond acceptors (Lipinski definition) is 5. The largest absolute Gasteiger partial charge is 0.420 e. The number of aromatic nitrogens is 2. The van der Waals surface area contributed by atoms with Gasteiger partial charge >= 0.3 is 0 Å². The Bertz CT molecular complexity index is 345. The molecule has 1 N–H and O–H groups in total. The lowest BCUT2D eigenvalue weighted by molar-refractivity contribution is -0.00644. The Morgan fingerprint density at radius 2 is 2.31 bits per heavy atom. The fourth-order valence-electron chi connectivity index (χ4n) is 1.96. The zero-order chi connectivity index (χ0) is 11.6. The van der Waals surface area contributed by atoms with Crippen LogP contribution in [-0.2, 0) is 10.3 Å². The van der Waals surface area contributed by atoms with Gasteiger partial charge in [0.25, 0.3) is 0 Å². The first-order valence-corrected chi connectivity index (χ1v) is 5.87. The Morgan fingerprint density at radius 1 is 1.50 bits per heavy atom. The number of nitrogens with one attached hydrogen (secondary N) is 1. The van der Waals surface area contributed by atoms with Crippen molar-refractivity contribution in [2.75, 3.05) is 13.2 Å². The summed E-state index contributed by atoms with van der Waals surface area (Å²) in [5.74, 6) is 1.23. The van der Waals surface area contributed by atoms with E-state index < -0.39 is 0 Å². The zero-order valence-corrected chi connectivity index (χ0v) is 10.1. The van der Waals surface area contributed by atoms with Crippen LogP contribution in [0, 0.1) is 0 Å². The highest BCUT2D eigenvalue weighted by atomic mass is 16.5. The third-order valence-electron chi connectivity index (χ3n) is 2.99. The lowest BCUT2D eigenvalue weighted by atomic mass is 10.0. The van der Waals surface area contributed by atoms with Crippen LogP contribution in [0.5, 0.6) is 0 Å². The first-order chi connectivity index (χ1) is 7.65. The first kappa shape index (κ1) is 11.5. The molecule has 1 aliphatic heterocycles. The van der Waals surface area contributed by atoms with Crippen LogP contribution in [0.25, 0.3) is 0 Å². The van der Waals surface area contributed by atoms with Crippen molar-refractivity contribution < 1.29 is 9.15 Å². The maximum absolute atomic E-state index is 5.68. The molecule has 0 bridgehead atoms. The summed E-state index contributed by atoms with van der Waals surface area (Å²) < 4.78 is 11.3. The maximum Gasteiger partial charge on any atom is 0.248 e. The second-order valence-electron chi connectivity index (χ2n) is 4.41. The van der Waals surface area contributed by atoms with E-state index in [1.54, 1.807) is 0 Å². The van der Waals surface area contributed by atoms with Gasteiger partial charge < -0.3 is 14.5 Å². The van der Waals surface area contributed by atoms with E-state index in [9.17, 15) is 0 Å². The Balaban J connectivity index is 2.12. The molecule has 0 saturated carbocycles. The smallest absolute Gasteiger partial charge is 0.248 e. The molecule has 5 nitrogen and oxygen atoms in total. The van der Waals surface area contributed by atoms with Gasteiger partial charge in [0.05, 0.1) is 6.04 Å². The molecule has 1 saturated heterocycles. The second-order valence-corrected chi connectivity index (χ2v) is 4.41. The van der Waals surface area contributed by atoms with Gasteiger partial charge in [-0.2, -0.15) is 0 Å². The van der Waals surface area contributed by atoms with Crippen molar-refractivity contribution in [1.29, 1.82) is 0 Å². The van der Waals surface area contributed by atoms with Gasteiger partial charge in [0.2, 0.25) is 11.8 Å². The third kappa shape index (κ3) is 2.10. The topological polar surface area (TPSA) is 60.2 Å². The lowest BCUT2D eigenvalue weighted by Crippen LogP contribution is -2.20. The maximum atomic E-state index is 5.68. The van der Waals surface area contributed by atoms with Crippen LogP contribution in [0.4, 0.5) is 0 Å². The first-order valence-electron chi connectivity index (χ1n) is 5.87. The van der Waals surface area contributed by atoms with Crippen LogP contribution >= 0.6 is 0 Å². The molecule has 1 fully saturated rings. The molecule has 2 heterocycles. The minimum absolute atomic E-state index is 0.0938. The Labute approximate surface area is 95.6 Å². The van der Waals surface area contributed by atoms with Gasteiger partial charge in [0.15, 0.2) is 0 Å². The number of rotatable bonds is 4. The normalized spacial score (nSPS) is 27.2. The third-order valence-corrected chi connectivity index (χ3v) is 2.99. The fraction of sp³-hybridized carbons (Fsp3) is 0.818. The van der Waals surface area contributed by atoms with Crippen molar-refractivity contribution in [2.24, 2.45) is 0 Å². The lowest BCUT2D eigenvalue weighted by Gasteiger charge is -2.17. The Hall–Kier alpha value is -0.940. The molecule has 0 aromatic carbocycles. The highest BCUT2D eigenvalue weighted by Crippen LogP contribution is 2.34. The van der Waals surface area contributed by atoms with Crippen molar-refractivity contribution in [3.63, 3.8) is 0 Å². The van der Waals surface area contributed by atoms with E-state index >= 15 is 0 Å². The summed E-state index contributed by atoms with van der Waals surface area (Å²) in [6.07, 6.45) is 2.00. The summed E-state index contributed by atoms with van der Waals surface area (Å²) in [6.45, 7) is 7.73. The summed E-state index contributed by atoms with van der Waals surface area (Å²) in [5.41, 5.74) is -0.378. The minimum atomic E-state index is -0.378. The second kappa shape index (κ2) is 4.51. The van der Waals surface area contributed by atoms with E-state index in [0.29, 0.717) is 11.8 Å². The van der Waals surface area contributed by atoms with Crippen LogP contribution in [0.2, 0.25) is 0 Å². The van der Waals surface area contributed by atoms with Gasteiger partial charge in [-0.3, -0.25) is 0 Å². The minimum Gasteiger partial charge on any atom is -0.420 e. The van der Waals surface area contributed by atoms with Crippen molar-refractivity contribution in [2.45, 2.75) is 45.3 Å². The predicted octanol–water partition coefficient (Wildman–Crippen LogP) is 1.77.